The third-order valence-corrected chi connectivity index (χ3v) is 1.16. The van der Waals surface area contributed by atoms with Crippen molar-refractivity contribution in [2.24, 2.45) is 9.98 Å². The Hall–Kier alpha value is -1.45. The first kappa shape index (κ1) is 10.6. The van der Waals surface area contributed by atoms with Gasteiger partial charge in [-0.15, -0.1) is 0 Å². The van der Waals surface area contributed by atoms with Gasteiger partial charge >= 0.3 is 0 Å². The predicted octanol–water partition coefficient (Wildman–Crippen LogP) is 1.21. The van der Waals surface area contributed by atoms with Gasteiger partial charge in [0, 0.05) is 25.7 Å². The average molecular weight is 166 g/mol. The van der Waals surface area contributed by atoms with Gasteiger partial charge < -0.3 is 10.7 Å². The molecular formula is C8H14N4. The van der Waals surface area contributed by atoms with Crippen LogP contribution < -0.4 is 5.32 Å². The summed E-state index contributed by atoms with van der Waals surface area (Å²) in [7, 11) is 1.73. The third-order valence-electron chi connectivity index (χ3n) is 1.16. The Labute approximate surface area is 72.6 Å². The molecule has 0 saturated heterocycles. The summed E-state index contributed by atoms with van der Waals surface area (Å²) in [6.45, 7) is 3.62. The van der Waals surface area contributed by atoms with E-state index in [2.05, 4.69) is 15.3 Å². The topological polar surface area (TPSA) is 60.6 Å². The van der Waals surface area contributed by atoms with Crippen molar-refractivity contribution in [2.75, 3.05) is 7.05 Å². The van der Waals surface area contributed by atoms with Crippen molar-refractivity contribution in [1.82, 2.24) is 5.32 Å². The third kappa shape index (κ3) is 3.09. The van der Waals surface area contributed by atoms with Crippen LogP contribution >= 0.6 is 0 Å². The Morgan fingerprint density at radius 1 is 1.25 bits per heavy atom. The first-order chi connectivity index (χ1) is 5.79. The van der Waals surface area contributed by atoms with E-state index in [1.807, 2.05) is 13.8 Å². The fourth-order valence-corrected chi connectivity index (χ4v) is 0.666. The van der Waals surface area contributed by atoms with Gasteiger partial charge in [0.05, 0.1) is 5.70 Å². The predicted molar refractivity (Wildman–Crippen MR) is 53.2 cm³/mol. The van der Waals surface area contributed by atoms with Crippen molar-refractivity contribution in [3.8, 4) is 0 Å². The van der Waals surface area contributed by atoms with Crippen molar-refractivity contribution in [2.45, 2.75) is 13.8 Å². The van der Waals surface area contributed by atoms with Gasteiger partial charge in [-0.25, -0.2) is 9.98 Å². The molecule has 0 aromatic rings. The number of aliphatic imine (C=N–C) groups is 2. The minimum absolute atomic E-state index is 0.525. The number of hydrogen-bond donors (Lipinski definition) is 2. The Kier molecular flexibility index (Phi) is 5.51. The minimum Gasteiger partial charge on any atom is -0.384 e. The lowest BCUT2D eigenvalue weighted by Gasteiger charge is -2.00. The second-order valence-corrected chi connectivity index (χ2v) is 1.91. The highest BCUT2D eigenvalue weighted by atomic mass is 15.0. The van der Waals surface area contributed by atoms with E-state index in [1.54, 1.807) is 19.5 Å². The molecule has 0 atom stereocenters. The molecule has 12 heavy (non-hydrogen) atoms. The molecule has 0 fully saturated rings. The van der Waals surface area contributed by atoms with E-state index in [1.165, 1.54) is 6.21 Å². The SMILES string of the molecule is CC=NC(N=CC)=C(C=N)NC. The summed E-state index contributed by atoms with van der Waals surface area (Å²) in [6, 6.07) is 0. The molecule has 0 heterocycles. The molecule has 0 unspecified atom stereocenters. The maximum Gasteiger partial charge on any atom is 0.176 e. The summed E-state index contributed by atoms with van der Waals surface area (Å²) in [4.78, 5) is 8.00. The zero-order valence-corrected chi connectivity index (χ0v) is 7.63. The molecular weight excluding hydrogens is 152 g/mol. The first-order valence-corrected chi connectivity index (χ1v) is 3.70. The normalized spacial score (nSPS) is 10.6. The summed E-state index contributed by atoms with van der Waals surface area (Å²) in [5.74, 6) is 0.525. The largest absolute Gasteiger partial charge is 0.384 e. The van der Waals surface area contributed by atoms with Crippen LogP contribution in [0, 0.1) is 5.41 Å². The molecule has 0 bridgehead atoms. The molecule has 0 amide bonds. The Balaban J connectivity index is 4.87. The van der Waals surface area contributed by atoms with Crippen LogP contribution in [-0.4, -0.2) is 25.7 Å². The highest BCUT2D eigenvalue weighted by Gasteiger charge is 1.96. The number of nitrogens with zero attached hydrogens (tertiary/aromatic N) is 2. The van der Waals surface area contributed by atoms with Crippen LogP contribution in [0.5, 0.6) is 0 Å². The standard InChI is InChI=1S/C8H14N4/c1-4-11-8(12-5-2)7(6-9)10-3/h4-6,9-10H,1-3H3. The maximum absolute atomic E-state index is 7.05. The van der Waals surface area contributed by atoms with E-state index in [0.29, 0.717) is 11.5 Å². The van der Waals surface area contributed by atoms with E-state index in [-0.39, 0.29) is 0 Å². The summed E-state index contributed by atoms with van der Waals surface area (Å²) in [5, 5.41) is 9.88. The minimum atomic E-state index is 0.525. The van der Waals surface area contributed by atoms with Gasteiger partial charge in [0.2, 0.25) is 0 Å². The molecule has 66 valence electrons. The van der Waals surface area contributed by atoms with Crippen molar-refractivity contribution in [3.05, 3.63) is 11.5 Å². The number of hydrogen-bond acceptors (Lipinski definition) is 4. The molecule has 0 aliphatic heterocycles. The van der Waals surface area contributed by atoms with Gasteiger partial charge in [0.25, 0.3) is 0 Å². The molecule has 0 rings (SSSR count). The maximum atomic E-state index is 7.05. The van der Waals surface area contributed by atoms with Crippen LogP contribution in [-0.2, 0) is 0 Å². The molecule has 0 aliphatic carbocycles. The Morgan fingerprint density at radius 2 is 1.75 bits per heavy atom. The van der Waals surface area contributed by atoms with Crippen LogP contribution in [0.15, 0.2) is 21.5 Å². The quantitative estimate of drug-likeness (QED) is 0.606. The van der Waals surface area contributed by atoms with Crippen LogP contribution in [0.3, 0.4) is 0 Å². The molecule has 2 N–H and O–H groups in total. The van der Waals surface area contributed by atoms with E-state index in [9.17, 15) is 0 Å². The highest BCUT2D eigenvalue weighted by molar-refractivity contribution is 5.77. The van der Waals surface area contributed by atoms with Gasteiger partial charge in [-0.05, 0) is 13.8 Å². The van der Waals surface area contributed by atoms with E-state index in [4.69, 9.17) is 5.41 Å². The second-order valence-electron chi connectivity index (χ2n) is 1.91. The lowest BCUT2D eigenvalue weighted by molar-refractivity contribution is 1.01. The van der Waals surface area contributed by atoms with Crippen LogP contribution in [0.4, 0.5) is 0 Å². The fourth-order valence-electron chi connectivity index (χ4n) is 0.666. The number of allylic oxidation sites excluding steroid dienone is 1. The molecule has 0 aliphatic rings. The van der Waals surface area contributed by atoms with Gasteiger partial charge in [-0.1, -0.05) is 0 Å². The molecule has 4 heteroatoms. The van der Waals surface area contributed by atoms with Crippen molar-refractivity contribution in [1.29, 1.82) is 5.41 Å². The summed E-state index contributed by atoms with van der Waals surface area (Å²) in [6.07, 6.45) is 4.47. The molecule has 0 aromatic heterocycles. The molecule has 4 nitrogen and oxygen atoms in total. The van der Waals surface area contributed by atoms with E-state index >= 15 is 0 Å². The summed E-state index contributed by atoms with van der Waals surface area (Å²) >= 11 is 0. The lowest BCUT2D eigenvalue weighted by atomic mass is 10.4. The fraction of sp³-hybridized carbons (Fsp3) is 0.375. The lowest BCUT2D eigenvalue weighted by Crippen LogP contribution is -2.08. The zero-order chi connectivity index (χ0) is 9.40. The molecule has 0 radical (unpaired) electrons. The van der Waals surface area contributed by atoms with Gasteiger partial charge in [0.15, 0.2) is 5.82 Å². The average Bonchev–Trinajstić information content (AvgIpc) is 2.07. The number of nitrogens with one attached hydrogen (secondary N) is 2. The van der Waals surface area contributed by atoms with Crippen molar-refractivity contribution >= 4 is 18.6 Å². The van der Waals surface area contributed by atoms with Gasteiger partial charge in [-0.2, -0.15) is 0 Å². The Bertz CT molecular complexity index is 211. The van der Waals surface area contributed by atoms with Crippen LogP contribution in [0.25, 0.3) is 0 Å². The highest BCUT2D eigenvalue weighted by Crippen LogP contribution is 2.01. The van der Waals surface area contributed by atoms with Crippen molar-refractivity contribution in [3.63, 3.8) is 0 Å². The van der Waals surface area contributed by atoms with Crippen molar-refractivity contribution < 1.29 is 0 Å². The number of rotatable bonds is 4. The zero-order valence-electron chi connectivity index (χ0n) is 7.63. The molecule has 0 spiro atoms. The monoisotopic (exact) mass is 166 g/mol. The Morgan fingerprint density at radius 3 is 2.00 bits per heavy atom. The van der Waals surface area contributed by atoms with Crippen LogP contribution in [0.2, 0.25) is 0 Å². The van der Waals surface area contributed by atoms with Gasteiger partial charge in [0.1, 0.15) is 0 Å². The molecule has 0 saturated carbocycles. The second kappa shape index (κ2) is 6.27. The summed E-state index contributed by atoms with van der Waals surface area (Å²) in [5.41, 5.74) is 0.603. The summed E-state index contributed by atoms with van der Waals surface area (Å²) < 4.78 is 0. The van der Waals surface area contributed by atoms with Gasteiger partial charge in [-0.3, -0.25) is 0 Å². The smallest absolute Gasteiger partial charge is 0.176 e. The van der Waals surface area contributed by atoms with E-state index < -0.39 is 0 Å². The molecule has 0 aromatic carbocycles. The van der Waals surface area contributed by atoms with Crippen LogP contribution in [0.1, 0.15) is 13.8 Å². The first-order valence-electron chi connectivity index (χ1n) is 3.70. The van der Waals surface area contributed by atoms with E-state index in [0.717, 1.165) is 0 Å².